The van der Waals surface area contributed by atoms with Gasteiger partial charge in [0.05, 0.1) is 18.3 Å². The molecule has 1 unspecified atom stereocenters. The van der Waals surface area contributed by atoms with Crippen LogP contribution in [0.25, 0.3) is 0 Å². The van der Waals surface area contributed by atoms with Crippen molar-refractivity contribution < 1.29 is 5.11 Å². The number of aromatic nitrogens is 2. The lowest BCUT2D eigenvalue weighted by molar-refractivity contribution is 0.149. The number of rotatable bonds is 6. The number of hydrogen-bond donors (Lipinski definition) is 1. The lowest BCUT2D eigenvalue weighted by atomic mass is 10.00. The van der Waals surface area contributed by atoms with Crippen molar-refractivity contribution in [1.29, 1.82) is 5.26 Å². The number of nitrogens with zero attached hydrogens (tertiary/aromatic N) is 3. The first-order valence-electron chi connectivity index (χ1n) is 8.73. The fraction of sp³-hybridized carbons (Fsp3) is 0.450. The van der Waals surface area contributed by atoms with Crippen molar-refractivity contribution in [3.8, 4) is 6.07 Å². The van der Waals surface area contributed by atoms with Gasteiger partial charge < -0.3 is 5.11 Å². The summed E-state index contributed by atoms with van der Waals surface area (Å²) < 4.78 is 1.22. The number of benzene rings is 1. The van der Waals surface area contributed by atoms with Gasteiger partial charge in [-0.25, -0.2) is 4.68 Å². The second kappa shape index (κ2) is 8.09. The molecule has 0 aliphatic heterocycles. The van der Waals surface area contributed by atoms with Gasteiger partial charge in [-0.1, -0.05) is 52.0 Å². The van der Waals surface area contributed by atoms with Gasteiger partial charge in [0.2, 0.25) is 0 Å². The van der Waals surface area contributed by atoms with Crippen molar-refractivity contribution in [3.05, 3.63) is 62.6 Å². The Morgan fingerprint density at radius 1 is 1.16 bits per heavy atom. The standard InChI is InChI=1S/C20H25N3O2/c1-5-16-17(11-21)20(25)23(22-18(16)6-2)12-19(24)15-9-7-14(8-10-15)13(3)4/h7-10,13,19,24H,5-6,12H2,1-4H3. The summed E-state index contributed by atoms with van der Waals surface area (Å²) in [5, 5.41) is 24.2. The Labute approximate surface area is 148 Å². The maximum atomic E-state index is 12.5. The van der Waals surface area contributed by atoms with E-state index < -0.39 is 11.7 Å². The average molecular weight is 339 g/mol. The first-order chi connectivity index (χ1) is 11.9. The van der Waals surface area contributed by atoms with Gasteiger partial charge >= 0.3 is 0 Å². The summed E-state index contributed by atoms with van der Waals surface area (Å²) in [6.45, 7) is 8.11. The number of aryl methyl sites for hydroxylation is 1. The molecule has 1 N–H and O–H groups in total. The largest absolute Gasteiger partial charge is 0.386 e. The van der Waals surface area contributed by atoms with Crippen LogP contribution in [0.4, 0.5) is 0 Å². The molecule has 0 saturated heterocycles. The molecule has 2 rings (SSSR count). The van der Waals surface area contributed by atoms with Crippen molar-refractivity contribution in [2.24, 2.45) is 0 Å². The van der Waals surface area contributed by atoms with Crippen LogP contribution in [0.2, 0.25) is 0 Å². The van der Waals surface area contributed by atoms with Gasteiger partial charge in [-0.3, -0.25) is 4.79 Å². The first-order valence-corrected chi connectivity index (χ1v) is 8.73. The molecule has 1 aromatic carbocycles. The Morgan fingerprint density at radius 3 is 2.24 bits per heavy atom. The maximum absolute atomic E-state index is 12.5. The molecular formula is C20H25N3O2. The second-order valence-electron chi connectivity index (χ2n) is 6.44. The van der Waals surface area contributed by atoms with Crippen LogP contribution in [0.5, 0.6) is 0 Å². The van der Waals surface area contributed by atoms with Crippen LogP contribution in [0, 0.1) is 11.3 Å². The molecule has 0 aliphatic rings. The van der Waals surface area contributed by atoms with Gasteiger partial charge in [0.1, 0.15) is 11.6 Å². The minimum Gasteiger partial charge on any atom is -0.386 e. The van der Waals surface area contributed by atoms with Gasteiger partial charge in [-0.05, 0) is 35.4 Å². The van der Waals surface area contributed by atoms with Crippen molar-refractivity contribution in [2.75, 3.05) is 0 Å². The smallest absolute Gasteiger partial charge is 0.285 e. The van der Waals surface area contributed by atoms with E-state index in [1.165, 1.54) is 10.2 Å². The Bertz CT molecular complexity index is 830. The molecule has 0 spiro atoms. The molecule has 132 valence electrons. The highest BCUT2D eigenvalue weighted by Crippen LogP contribution is 2.20. The second-order valence-corrected chi connectivity index (χ2v) is 6.44. The van der Waals surface area contributed by atoms with Crippen LogP contribution in [0.1, 0.15) is 67.7 Å². The lowest BCUT2D eigenvalue weighted by Gasteiger charge is -2.16. The number of nitriles is 1. The van der Waals surface area contributed by atoms with Crippen LogP contribution >= 0.6 is 0 Å². The summed E-state index contributed by atoms with van der Waals surface area (Å²) in [5.74, 6) is 0.419. The molecule has 25 heavy (non-hydrogen) atoms. The quantitative estimate of drug-likeness (QED) is 0.877. The fourth-order valence-corrected chi connectivity index (χ4v) is 2.93. The predicted molar refractivity (Wildman–Crippen MR) is 97.5 cm³/mol. The molecule has 0 saturated carbocycles. The minimum absolute atomic E-state index is 0.0333. The van der Waals surface area contributed by atoms with Crippen molar-refractivity contribution in [1.82, 2.24) is 9.78 Å². The normalized spacial score (nSPS) is 12.2. The average Bonchev–Trinajstić information content (AvgIpc) is 2.62. The van der Waals surface area contributed by atoms with Crippen molar-refractivity contribution >= 4 is 0 Å². The van der Waals surface area contributed by atoms with Gasteiger partial charge in [0.25, 0.3) is 5.56 Å². The molecule has 0 fully saturated rings. The van der Waals surface area contributed by atoms with Crippen molar-refractivity contribution in [3.63, 3.8) is 0 Å². The summed E-state index contributed by atoms with van der Waals surface area (Å²) in [5.41, 5.74) is 3.07. The van der Waals surface area contributed by atoms with E-state index in [0.29, 0.717) is 24.3 Å². The number of hydrogen-bond acceptors (Lipinski definition) is 4. The summed E-state index contributed by atoms with van der Waals surface area (Å²) in [6.07, 6.45) is 0.376. The van der Waals surface area contributed by atoms with E-state index in [9.17, 15) is 15.2 Å². The van der Waals surface area contributed by atoms with Gasteiger partial charge in [0, 0.05) is 0 Å². The molecule has 1 aromatic heterocycles. The van der Waals surface area contributed by atoms with E-state index in [2.05, 4.69) is 18.9 Å². The van der Waals surface area contributed by atoms with E-state index >= 15 is 0 Å². The van der Waals surface area contributed by atoms with Crippen LogP contribution < -0.4 is 5.56 Å². The predicted octanol–water partition coefficient (Wildman–Crippen LogP) is 3.10. The molecule has 5 nitrogen and oxygen atoms in total. The molecule has 1 atom stereocenters. The molecule has 1 heterocycles. The molecule has 5 heteroatoms. The SMILES string of the molecule is CCc1nn(CC(O)c2ccc(C(C)C)cc2)c(=O)c(C#N)c1CC. The van der Waals surface area contributed by atoms with E-state index in [-0.39, 0.29) is 12.1 Å². The van der Waals surface area contributed by atoms with Gasteiger partial charge in [-0.15, -0.1) is 0 Å². The summed E-state index contributed by atoms with van der Waals surface area (Å²) in [7, 11) is 0. The third-order valence-electron chi connectivity index (χ3n) is 4.47. The third kappa shape index (κ3) is 3.97. The lowest BCUT2D eigenvalue weighted by Crippen LogP contribution is -2.30. The summed E-state index contributed by atoms with van der Waals surface area (Å²) in [4.78, 5) is 12.5. The summed E-state index contributed by atoms with van der Waals surface area (Å²) in [6, 6.07) is 9.72. The van der Waals surface area contributed by atoms with Gasteiger partial charge in [0.15, 0.2) is 0 Å². The molecule has 0 bridgehead atoms. The van der Waals surface area contributed by atoms with E-state index in [4.69, 9.17) is 0 Å². The Morgan fingerprint density at radius 2 is 1.76 bits per heavy atom. The fourth-order valence-electron chi connectivity index (χ4n) is 2.93. The maximum Gasteiger partial charge on any atom is 0.285 e. The monoisotopic (exact) mass is 339 g/mol. The Kier molecular flexibility index (Phi) is 6.11. The molecule has 0 radical (unpaired) electrons. The molecule has 0 amide bonds. The zero-order chi connectivity index (χ0) is 18.6. The van der Waals surface area contributed by atoms with Crippen LogP contribution in [0.15, 0.2) is 29.1 Å². The van der Waals surface area contributed by atoms with Gasteiger partial charge in [-0.2, -0.15) is 10.4 Å². The third-order valence-corrected chi connectivity index (χ3v) is 4.47. The van der Waals surface area contributed by atoms with Crippen LogP contribution in [-0.4, -0.2) is 14.9 Å². The van der Waals surface area contributed by atoms with E-state index in [0.717, 1.165) is 11.3 Å². The molecule has 0 aliphatic carbocycles. The van der Waals surface area contributed by atoms with Crippen molar-refractivity contribution in [2.45, 2.75) is 59.1 Å². The minimum atomic E-state index is -0.852. The van der Waals surface area contributed by atoms with Crippen LogP contribution in [0.3, 0.4) is 0 Å². The van der Waals surface area contributed by atoms with E-state index in [1.807, 2.05) is 44.2 Å². The Balaban J connectivity index is 2.36. The highest BCUT2D eigenvalue weighted by atomic mass is 16.3. The zero-order valence-corrected chi connectivity index (χ0v) is 15.3. The number of aliphatic hydroxyl groups is 1. The highest BCUT2D eigenvalue weighted by molar-refractivity contribution is 5.38. The number of aliphatic hydroxyl groups excluding tert-OH is 1. The molecular weight excluding hydrogens is 314 g/mol. The molecule has 2 aromatic rings. The first kappa shape index (κ1) is 18.9. The highest BCUT2D eigenvalue weighted by Gasteiger charge is 2.17. The van der Waals surface area contributed by atoms with E-state index in [1.54, 1.807) is 0 Å². The zero-order valence-electron chi connectivity index (χ0n) is 15.3. The summed E-state index contributed by atoms with van der Waals surface area (Å²) >= 11 is 0. The van der Waals surface area contributed by atoms with Crippen LogP contribution in [-0.2, 0) is 19.4 Å². The topological polar surface area (TPSA) is 78.9 Å². The Hall–Kier alpha value is -2.45.